The van der Waals surface area contributed by atoms with Crippen molar-refractivity contribution >= 4 is 23.3 Å². The maximum Gasteiger partial charge on any atom is 0.335 e. The number of nitrogens with zero attached hydrogens (tertiary/aromatic N) is 4. The van der Waals surface area contributed by atoms with Gasteiger partial charge < -0.3 is 24.0 Å². The van der Waals surface area contributed by atoms with E-state index in [0.29, 0.717) is 22.6 Å². The topological polar surface area (TPSA) is 97.1 Å². The van der Waals surface area contributed by atoms with Crippen LogP contribution in [0.15, 0.2) is 66.7 Å². The Kier molecular flexibility index (Phi) is 10.6. The predicted octanol–water partition coefficient (Wildman–Crippen LogP) is 4.86. The molecule has 0 bridgehead atoms. The van der Waals surface area contributed by atoms with Crippen LogP contribution in [0.1, 0.15) is 33.0 Å². The zero-order chi connectivity index (χ0) is 29.2. The van der Waals surface area contributed by atoms with E-state index in [1.165, 1.54) is 30.7 Å². The van der Waals surface area contributed by atoms with Gasteiger partial charge >= 0.3 is 5.97 Å². The number of imidazole rings is 1. The molecule has 10 heteroatoms. The SMILES string of the molecule is C1COC1.CN1CCN(Cc2nc3ccc(C(=O)O)cc3n2C)CC1.O=Cc1cccc(Oc2ccc(F)cc2)c1. The summed E-state index contributed by atoms with van der Waals surface area (Å²) >= 11 is 0. The highest BCUT2D eigenvalue weighted by atomic mass is 19.1. The van der Waals surface area contributed by atoms with Gasteiger partial charge in [-0.15, -0.1) is 0 Å². The number of fused-ring (bicyclic) bond motifs is 1. The lowest BCUT2D eigenvalue weighted by molar-refractivity contribution is 0.0367. The Morgan fingerprint density at radius 3 is 2.29 bits per heavy atom. The van der Waals surface area contributed by atoms with Gasteiger partial charge in [0.1, 0.15) is 29.4 Å². The van der Waals surface area contributed by atoms with Crippen LogP contribution in [0.2, 0.25) is 0 Å². The van der Waals surface area contributed by atoms with E-state index in [9.17, 15) is 14.0 Å². The van der Waals surface area contributed by atoms with E-state index in [2.05, 4.69) is 21.8 Å². The molecule has 6 rings (SSSR count). The standard InChI is InChI=1S/C15H20N4O2.C13H9FO2.C3H6O/c1-17-5-7-19(8-6-17)10-14-16-12-4-3-11(15(20)21)9-13(12)18(14)2;14-11-4-6-12(7-5-11)16-13-3-1-2-10(8-13)9-15;1-2-4-3-1/h3-4,9H,5-8,10H2,1-2H3,(H,20,21);1-9H;1-3H2. The Balaban J connectivity index is 0.000000171. The first-order chi connectivity index (χ1) is 19.8. The highest BCUT2D eigenvalue weighted by Crippen LogP contribution is 2.22. The highest BCUT2D eigenvalue weighted by Gasteiger charge is 2.17. The van der Waals surface area contributed by atoms with Gasteiger partial charge in [0.25, 0.3) is 0 Å². The fourth-order valence-electron chi connectivity index (χ4n) is 4.15. The van der Waals surface area contributed by atoms with Gasteiger partial charge in [-0.05, 0) is 68.1 Å². The van der Waals surface area contributed by atoms with Gasteiger partial charge in [0.15, 0.2) is 0 Å². The van der Waals surface area contributed by atoms with E-state index in [1.54, 1.807) is 42.5 Å². The molecule has 0 spiro atoms. The summed E-state index contributed by atoms with van der Waals surface area (Å²) < 4.78 is 24.8. The van der Waals surface area contributed by atoms with E-state index < -0.39 is 5.97 Å². The Labute approximate surface area is 238 Å². The third-order valence-corrected chi connectivity index (χ3v) is 6.80. The van der Waals surface area contributed by atoms with Crippen molar-refractivity contribution in [2.24, 2.45) is 7.05 Å². The van der Waals surface area contributed by atoms with E-state index in [4.69, 9.17) is 14.6 Å². The average Bonchev–Trinajstić information content (AvgIpc) is 3.25. The second-order valence-corrected chi connectivity index (χ2v) is 9.89. The number of ether oxygens (including phenoxy) is 2. The summed E-state index contributed by atoms with van der Waals surface area (Å²) in [7, 11) is 4.09. The molecule has 9 nitrogen and oxygen atoms in total. The molecule has 41 heavy (non-hydrogen) atoms. The molecule has 2 fully saturated rings. The van der Waals surface area contributed by atoms with E-state index in [0.717, 1.165) is 69.1 Å². The number of carboxylic acids is 1. The van der Waals surface area contributed by atoms with Gasteiger partial charge in [-0.3, -0.25) is 9.69 Å². The average molecular weight is 563 g/mol. The van der Waals surface area contributed by atoms with Crippen molar-refractivity contribution in [2.75, 3.05) is 46.4 Å². The van der Waals surface area contributed by atoms with Crippen LogP contribution in [0, 0.1) is 5.82 Å². The Bertz CT molecular complexity index is 1440. The summed E-state index contributed by atoms with van der Waals surface area (Å²) in [6.45, 7) is 7.04. The first-order valence-corrected chi connectivity index (χ1v) is 13.5. The van der Waals surface area contributed by atoms with Crippen molar-refractivity contribution in [1.29, 1.82) is 0 Å². The normalized spacial score (nSPS) is 15.1. The van der Waals surface area contributed by atoms with Crippen molar-refractivity contribution in [1.82, 2.24) is 19.4 Å². The highest BCUT2D eigenvalue weighted by molar-refractivity contribution is 5.92. The predicted molar refractivity (Wildman–Crippen MR) is 154 cm³/mol. The molecule has 1 N–H and O–H groups in total. The number of hydrogen-bond acceptors (Lipinski definition) is 7. The van der Waals surface area contributed by atoms with Gasteiger partial charge in [-0.1, -0.05) is 12.1 Å². The minimum Gasteiger partial charge on any atom is -0.478 e. The quantitative estimate of drug-likeness (QED) is 0.333. The second-order valence-electron chi connectivity index (χ2n) is 9.89. The first-order valence-electron chi connectivity index (χ1n) is 13.5. The molecule has 0 atom stereocenters. The molecule has 0 radical (unpaired) electrons. The summed E-state index contributed by atoms with van der Waals surface area (Å²) in [5.74, 6) is 0.852. The molecule has 2 aliphatic heterocycles. The number of aromatic nitrogens is 2. The van der Waals surface area contributed by atoms with Crippen LogP contribution >= 0.6 is 0 Å². The second kappa shape index (κ2) is 14.5. The zero-order valence-electron chi connectivity index (χ0n) is 23.3. The van der Waals surface area contributed by atoms with Crippen LogP contribution < -0.4 is 4.74 Å². The third kappa shape index (κ3) is 8.68. The Morgan fingerprint density at radius 1 is 1.00 bits per heavy atom. The number of halogens is 1. The molecular formula is C31H35FN4O5. The molecule has 0 saturated carbocycles. The van der Waals surface area contributed by atoms with Crippen molar-refractivity contribution in [3.05, 3.63) is 89.5 Å². The number of aldehydes is 1. The number of benzene rings is 3. The molecule has 0 amide bonds. The molecule has 216 valence electrons. The van der Waals surface area contributed by atoms with Crippen LogP contribution in [-0.2, 0) is 18.3 Å². The zero-order valence-corrected chi connectivity index (χ0v) is 23.3. The molecular weight excluding hydrogens is 527 g/mol. The number of hydrogen-bond donors (Lipinski definition) is 1. The summed E-state index contributed by atoms with van der Waals surface area (Å²) in [5.41, 5.74) is 2.57. The lowest BCUT2D eigenvalue weighted by Gasteiger charge is -2.31. The first kappa shape index (κ1) is 29.9. The lowest BCUT2D eigenvalue weighted by Crippen LogP contribution is -2.44. The number of aryl methyl sites for hydroxylation is 1. The van der Waals surface area contributed by atoms with Gasteiger partial charge in [0.2, 0.25) is 0 Å². The molecule has 2 saturated heterocycles. The van der Waals surface area contributed by atoms with Crippen molar-refractivity contribution in [3.63, 3.8) is 0 Å². The number of carbonyl (C=O) groups excluding carboxylic acids is 1. The van der Waals surface area contributed by atoms with Gasteiger partial charge in [0.05, 0.1) is 23.1 Å². The van der Waals surface area contributed by atoms with Crippen molar-refractivity contribution < 1.29 is 28.6 Å². The number of aromatic carboxylic acids is 1. The fourth-order valence-corrected chi connectivity index (χ4v) is 4.15. The summed E-state index contributed by atoms with van der Waals surface area (Å²) in [4.78, 5) is 31.0. The summed E-state index contributed by atoms with van der Waals surface area (Å²) in [5, 5.41) is 9.09. The van der Waals surface area contributed by atoms with Crippen molar-refractivity contribution in [3.8, 4) is 11.5 Å². The van der Waals surface area contributed by atoms with Gasteiger partial charge in [-0.25, -0.2) is 14.2 Å². The maximum atomic E-state index is 12.6. The summed E-state index contributed by atoms with van der Waals surface area (Å²) in [6.07, 6.45) is 2.03. The van der Waals surface area contributed by atoms with E-state index in [-0.39, 0.29) is 5.82 Å². The fraction of sp³-hybridized carbons (Fsp3) is 0.323. The Hall–Kier alpha value is -4.12. The van der Waals surface area contributed by atoms with Crippen molar-refractivity contribution in [2.45, 2.75) is 13.0 Å². The van der Waals surface area contributed by atoms with Gasteiger partial charge in [-0.2, -0.15) is 0 Å². The molecule has 2 aliphatic rings. The third-order valence-electron chi connectivity index (χ3n) is 6.80. The number of likely N-dealkylation sites (N-methyl/N-ethyl adjacent to an activating group) is 1. The van der Waals surface area contributed by atoms with Crippen LogP contribution in [0.25, 0.3) is 11.0 Å². The number of rotatable bonds is 6. The molecule has 4 aromatic rings. The van der Waals surface area contributed by atoms with Crippen LogP contribution in [-0.4, -0.2) is 83.2 Å². The number of carbonyl (C=O) groups is 2. The molecule has 1 aromatic heterocycles. The summed E-state index contributed by atoms with van der Waals surface area (Å²) in [6, 6.07) is 17.5. The maximum absolute atomic E-state index is 12.6. The van der Waals surface area contributed by atoms with Crippen LogP contribution in [0.3, 0.4) is 0 Å². The minimum absolute atomic E-state index is 0.302. The minimum atomic E-state index is -0.904. The van der Waals surface area contributed by atoms with E-state index >= 15 is 0 Å². The smallest absolute Gasteiger partial charge is 0.335 e. The largest absolute Gasteiger partial charge is 0.478 e. The molecule has 3 heterocycles. The van der Waals surface area contributed by atoms with E-state index in [1.807, 2.05) is 11.6 Å². The number of carboxylic acid groups (broad SMARTS) is 1. The lowest BCUT2D eigenvalue weighted by atomic mass is 10.2. The van der Waals surface area contributed by atoms with Crippen LogP contribution in [0.5, 0.6) is 11.5 Å². The monoisotopic (exact) mass is 562 g/mol. The van der Waals surface area contributed by atoms with Gasteiger partial charge in [0, 0.05) is 52.0 Å². The molecule has 3 aromatic carbocycles. The Morgan fingerprint density at radius 2 is 1.68 bits per heavy atom. The molecule has 0 aliphatic carbocycles. The molecule has 0 unspecified atom stereocenters. The number of piperazine rings is 1. The van der Waals surface area contributed by atoms with Crippen LogP contribution in [0.4, 0.5) is 4.39 Å².